The molecular weight excluding hydrogens is 330 g/mol. The third-order valence-electron chi connectivity index (χ3n) is 3.98. The van der Waals surface area contributed by atoms with Crippen molar-refractivity contribution < 1.29 is 9.32 Å². The molecule has 1 amide bonds. The summed E-state index contributed by atoms with van der Waals surface area (Å²) in [7, 11) is 0. The summed E-state index contributed by atoms with van der Waals surface area (Å²) < 4.78 is 5.28. The Bertz CT molecular complexity index is 897. The molecule has 0 spiro atoms. The molecule has 1 atom stereocenters. The lowest BCUT2D eigenvalue weighted by Gasteiger charge is -2.10. The highest BCUT2D eigenvalue weighted by Gasteiger charge is 2.21. The van der Waals surface area contributed by atoms with Gasteiger partial charge in [-0.05, 0) is 25.8 Å². The molecule has 0 aliphatic heterocycles. The minimum atomic E-state index is -0.392. The maximum absolute atomic E-state index is 12.7. The van der Waals surface area contributed by atoms with Gasteiger partial charge in [0.05, 0.1) is 17.5 Å². The molecule has 2 aromatic heterocycles. The predicted molar refractivity (Wildman–Crippen MR) is 97.5 cm³/mol. The Kier molecular flexibility index (Phi) is 5.16. The number of aryl methyl sites for hydroxylation is 1. The van der Waals surface area contributed by atoms with Gasteiger partial charge in [0.2, 0.25) is 5.89 Å². The molecule has 0 saturated carbocycles. The highest BCUT2D eigenvalue weighted by molar-refractivity contribution is 5.99. The average molecular weight is 353 g/mol. The summed E-state index contributed by atoms with van der Waals surface area (Å²) in [5.74, 6) is 1.24. The van der Waals surface area contributed by atoms with Crippen LogP contribution in [0.5, 0.6) is 0 Å². The number of nitrogens with zero attached hydrogens (tertiary/aromatic N) is 3. The van der Waals surface area contributed by atoms with E-state index in [9.17, 15) is 4.79 Å². The molecule has 2 N–H and O–H groups in total. The van der Waals surface area contributed by atoms with Crippen molar-refractivity contribution in [1.29, 1.82) is 0 Å². The lowest BCUT2D eigenvalue weighted by Crippen LogP contribution is -2.27. The first-order chi connectivity index (χ1) is 12.4. The number of H-pyrrole nitrogens is 1. The van der Waals surface area contributed by atoms with Gasteiger partial charge in [-0.2, -0.15) is 10.1 Å². The lowest BCUT2D eigenvalue weighted by molar-refractivity contribution is 0.0933. The number of aromatic amines is 1. The van der Waals surface area contributed by atoms with E-state index in [1.807, 2.05) is 38.1 Å². The summed E-state index contributed by atoms with van der Waals surface area (Å²) in [6.07, 6.45) is 2.27. The molecule has 3 aromatic rings. The van der Waals surface area contributed by atoms with Gasteiger partial charge in [-0.15, -0.1) is 0 Å². The zero-order chi connectivity index (χ0) is 18.7. The average Bonchev–Trinajstić information content (AvgIpc) is 3.23. The van der Waals surface area contributed by atoms with E-state index < -0.39 is 6.04 Å². The first kappa shape index (κ1) is 17.8. The van der Waals surface area contributed by atoms with Gasteiger partial charge in [-0.3, -0.25) is 9.89 Å². The van der Waals surface area contributed by atoms with Crippen LogP contribution >= 0.6 is 0 Å². The van der Waals surface area contributed by atoms with Crippen molar-refractivity contribution in [2.24, 2.45) is 5.92 Å². The third-order valence-corrected chi connectivity index (χ3v) is 3.98. The van der Waals surface area contributed by atoms with Gasteiger partial charge in [-0.25, -0.2) is 0 Å². The first-order valence-corrected chi connectivity index (χ1v) is 8.67. The Hall–Kier alpha value is -2.96. The second-order valence-corrected chi connectivity index (χ2v) is 6.87. The molecule has 136 valence electrons. The van der Waals surface area contributed by atoms with Crippen molar-refractivity contribution in [1.82, 2.24) is 25.7 Å². The number of carbonyl (C=O) groups is 1. The fourth-order valence-corrected chi connectivity index (χ4v) is 2.71. The normalized spacial score (nSPS) is 12.3. The SMILES string of the molecule is Cc1cccc(-c2[nH]ncc2C(=O)N[C@H](C)c2nc(CC(C)C)no2)c1. The minimum absolute atomic E-state index is 0.244. The summed E-state index contributed by atoms with van der Waals surface area (Å²) >= 11 is 0. The van der Waals surface area contributed by atoms with E-state index in [0.29, 0.717) is 28.9 Å². The highest BCUT2D eigenvalue weighted by Crippen LogP contribution is 2.23. The van der Waals surface area contributed by atoms with E-state index >= 15 is 0 Å². The maximum Gasteiger partial charge on any atom is 0.255 e. The Balaban J connectivity index is 1.74. The van der Waals surface area contributed by atoms with Crippen molar-refractivity contribution in [2.75, 3.05) is 0 Å². The van der Waals surface area contributed by atoms with Gasteiger partial charge in [0, 0.05) is 12.0 Å². The molecule has 26 heavy (non-hydrogen) atoms. The second kappa shape index (κ2) is 7.51. The number of benzene rings is 1. The van der Waals surface area contributed by atoms with E-state index in [4.69, 9.17) is 4.52 Å². The van der Waals surface area contributed by atoms with Crippen LogP contribution in [-0.2, 0) is 6.42 Å². The molecule has 0 aliphatic carbocycles. The van der Waals surface area contributed by atoms with E-state index in [2.05, 4.69) is 39.5 Å². The minimum Gasteiger partial charge on any atom is -0.340 e. The van der Waals surface area contributed by atoms with E-state index in [0.717, 1.165) is 17.5 Å². The molecule has 0 radical (unpaired) electrons. The molecule has 0 fully saturated rings. The van der Waals surface area contributed by atoms with Gasteiger partial charge in [0.1, 0.15) is 6.04 Å². The molecule has 1 aromatic carbocycles. The molecule has 0 aliphatic rings. The fourth-order valence-electron chi connectivity index (χ4n) is 2.71. The molecule has 3 rings (SSSR count). The number of carbonyl (C=O) groups excluding carboxylic acids is 1. The van der Waals surface area contributed by atoms with Gasteiger partial charge in [-0.1, -0.05) is 42.8 Å². The van der Waals surface area contributed by atoms with Crippen LogP contribution in [0.2, 0.25) is 0 Å². The molecule has 0 saturated heterocycles. The zero-order valence-corrected chi connectivity index (χ0v) is 15.4. The Morgan fingerprint density at radius 2 is 2.12 bits per heavy atom. The molecule has 2 heterocycles. The van der Waals surface area contributed by atoms with Crippen molar-refractivity contribution in [2.45, 2.75) is 40.2 Å². The van der Waals surface area contributed by atoms with Gasteiger partial charge >= 0.3 is 0 Å². The maximum atomic E-state index is 12.7. The monoisotopic (exact) mass is 353 g/mol. The summed E-state index contributed by atoms with van der Waals surface area (Å²) in [6, 6.07) is 7.51. The zero-order valence-electron chi connectivity index (χ0n) is 15.4. The smallest absolute Gasteiger partial charge is 0.255 e. The Morgan fingerprint density at radius 1 is 1.31 bits per heavy atom. The molecular formula is C19H23N5O2. The number of hydrogen-bond acceptors (Lipinski definition) is 5. The number of rotatable bonds is 6. The largest absolute Gasteiger partial charge is 0.340 e. The number of hydrogen-bond donors (Lipinski definition) is 2. The first-order valence-electron chi connectivity index (χ1n) is 8.67. The van der Waals surface area contributed by atoms with E-state index in [1.54, 1.807) is 0 Å². The lowest BCUT2D eigenvalue weighted by atomic mass is 10.1. The van der Waals surface area contributed by atoms with Crippen LogP contribution in [0.25, 0.3) is 11.3 Å². The van der Waals surface area contributed by atoms with Gasteiger partial charge < -0.3 is 9.84 Å². The number of nitrogens with one attached hydrogen (secondary N) is 2. The van der Waals surface area contributed by atoms with E-state index in [1.165, 1.54) is 6.20 Å². The van der Waals surface area contributed by atoms with Gasteiger partial charge in [0.15, 0.2) is 5.82 Å². The van der Waals surface area contributed by atoms with Crippen molar-refractivity contribution in [3.63, 3.8) is 0 Å². The topological polar surface area (TPSA) is 96.7 Å². The van der Waals surface area contributed by atoms with Crippen LogP contribution in [-0.4, -0.2) is 26.2 Å². The third kappa shape index (κ3) is 3.99. The number of aromatic nitrogens is 4. The summed E-state index contributed by atoms with van der Waals surface area (Å²) in [6.45, 7) is 8.00. The molecule has 0 bridgehead atoms. The molecule has 7 nitrogen and oxygen atoms in total. The van der Waals surface area contributed by atoms with Crippen molar-refractivity contribution >= 4 is 5.91 Å². The Morgan fingerprint density at radius 3 is 2.85 bits per heavy atom. The van der Waals surface area contributed by atoms with Crippen LogP contribution in [0, 0.1) is 12.8 Å². The number of amides is 1. The van der Waals surface area contributed by atoms with E-state index in [-0.39, 0.29) is 5.91 Å². The summed E-state index contributed by atoms with van der Waals surface area (Å²) in [5.41, 5.74) is 3.19. The quantitative estimate of drug-likeness (QED) is 0.707. The van der Waals surface area contributed by atoms with Crippen LogP contribution in [0.3, 0.4) is 0 Å². The Labute approximate surface area is 152 Å². The second-order valence-electron chi connectivity index (χ2n) is 6.87. The highest BCUT2D eigenvalue weighted by atomic mass is 16.5. The predicted octanol–water partition coefficient (Wildman–Crippen LogP) is 3.46. The van der Waals surface area contributed by atoms with Gasteiger partial charge in [0.25, 0.3) is 5.91 Å². The van der Waals surface area contributed by atoms with Crippen LogP contribution < -0.4 is 5.32 Å². The van der Waals surface area contributed by atoms with Crippen molar-refractivity contribution in [3.8, 4) is 11.3 Å². The van der Waals surface area contributed by atoms with Crippen molar-refractivity contribution in [3.05, 3.63) is 53.3 Å². The summed E-state index contributed by atoms with van der Waals surface area (Å²) in [4.78, 5) is 17.1. The fraction of sp³-hybridized carbons (Fsp3) is 0.368. The molecule has 7 heteroatoms. The standard InChI is InChI=1S/C19H23N5O2/c1-11(2)8-16-22-19(26-24-16)13(4)21-18(25)15-10-20-23-17(15)14-7-5-6-12(3)9-14/h5-7,9-11,13H,8H2,1-4H3,(H,20,23)(H,21,25)/t13-/m1/s1. The van der Waals surface area contributed by atoms with Crippen LogP contribution in [0.15, 0.2) is 35.0 Å². The molecule has 0 unspecified atom stereocenters. The summed E-state index contributed by atoms with van der Waals surface area (Å²) in [5, 5.41) is 13.8. The van der Waals surface area contributed by atoms with Crippen LogP contribution in [0.1, 0.15) is 54.4 Å². The van der Waals surface area contributed by atoms with Crippen LogP contribution in [0.4, 0.5) is 0 Å².